The van der Waals surface area contributed by atoms with Crippen LogP contribution in [0.4, 0.5) is 5.69 Å². The lowest BCUT2D eigenvalue weighted by atomic mass is 10.0. The molecule has 0 saturated heterocycles. The van der Waals surface area contributed by atoms with E-state index in [2.05, 4.69) is 21.2 Å². The van der Waals surface area contributed by atoms with Crippen LogP contribution in [0, 0.1) is 0 Å². The van der Waals surface area contributed by atoms with E-state index in [1.807, 2.05) is 68.4 Å². The molecule has 10 heteroatoms. The summed E-state index contributed by atoms with van der Waals surface area (Å²) in [5.41, 5.74) is 1.98. The van der Waals surface area contributed by atoms with Crippen molar-refractivity contribution < 1.29 is 22.7 Å². The van der Waals surface area contributed by atoms with Crippen LogP contribution in [-0.4, -0.2) is 50.9 Å². The zero-order valence-electron chi connectivity index (χ0n) is 25.4. The second-order valence-corrected chi connectivity index (χ2v) is 13.2. The van der Waals surface area contributed by atoms with Crippen LogP contribution >= 0.6 is 15.9 Å². The lowest BCUT2D eigenvalue weighted by Crippen LogP contribution is -2.53. The molecule has 1 atom stereocenters. The fraction of sp³-hybridized carbons (Fsp3) is 0.257. The van der Waals surface area contributed by atoms with E-state index in [1.54, 1.807) is 42.5 Å². The van der Waals surface area contributed by atoms with Crippen LogP contribution in [0.1, 0.15) is 31.4 Å². The smallest absolute Gasteiger partial charge is 0.264 e. The van der Waals surface area contributed by atoms with Crippen molar-refractivity contribution in [1.82, 2.24) is 10.2 Å². The molecule has 2 amide bonds. The quantitative estimate of drug-likeness (QED) is 0.160. The van der Waals surface area contributed by atoms with E-state index in [0.717, 1.165) is 26.3 Å². The van der Waals surface area contributed by atoms with Crippen LogP contribution in [-0.2, 0) is 32.6 Å². The summed E-state index contributed by atoms with van der Waals surface area (Å²) in [6.07, 6.45) is 0.985. The van der Waals surface area contributed by atoms with E-state index >= 15 is 0 Å². The molecule has 4 rings (SSSR count). The average molecular weight is 693 g/mol. The van der Waals surface area contributed by atoms with Crippen LogP contribution < -0.4 is 14.4 Å². The number of carbonyl (C=O) groups excluding carboxylic acids is 2. The van der Waals surface area contributed by atoms with Gasteiger partial charge in [0.25, 0.3) is 10.0 Å². The van der Waals surface area contributed by atoms with Crippen molar-refractivity contribution in [3.05, 3.63) is 125 Å². The van der Waals surface area contributed by atoms with Crippen LogP contribution in [0.5, 0.6) is 5.75 Å². The zero-order valence-corrected chi connectivity index (χ0v) is 27.8. The molecule has 8 nitrogen and oxygen atoms in total. The maximum Gasteiger partial charge on any atom is 0.264 e. The molecule has 0 aromatic heterocycles. The fourth-order valence-corrected chi connectivity index (χ4v) is 6.53. The highest BCUT2D eigenvalue weighted by Crippen LogP contribution is 2.27. The van der Waals surface area contributed by atoms with Crippen LogP contribution in [0.2, 0.25) is 0 Å². The first-order chi connectivity index (χ1) is 21.7. The van der Waals surface area contributed by atoms with Gasteiger partial charge in [-0.3, -0.25) is 13.9 Å². The average Bonchev–Trinajstić information content (AvgIpc) is 3.06. The lowest BCUT2D eigenvalue weighted by Gasteiger charge is -2.34. The van der Waals surface area contributed by atoms with Gasteiger partial charge in [0.15, 0.2) is 0 Å². The molecule has 0 saturated carbocycles. The van der Waals surface area contributed by atoms with E-state index in [0.29, 0.717) is 24.6 Å². The number of hydrogen-bond donors (Lipinski definition) is 1. The number of nitrogens with zero attached hydrogens (tertiary/aromatic N) is 2. The standard InChI is InChI=1S/C35H38BrN3O5S/c1-3-23-37-35(41)33(24-27-11-7-5-8-12-27)38(25-28-15-17-29(36)18-16-28)34(40)26-39(30-19-21-31(22-20-30)44-4-2)45(42,43)32-13-9-6-10-14-32/h5-22,33H,3-4,23-26H2,1-2H3,(H,37,41)/t33-/m0/s1. The molecule has 4 aromatic rings. The second kappa shape index (κ2) is 16.2. The number of halogens is 1. The molecule has 0 heterocycles. The highest BCUT2D eigenvalue weighted by Gasteiger charge is 2.34. The topological polar surface area (TPSA) is 96.0 Å². The molecular weight excluding hydrogens is 654 g/mol. The Morgan fingerprint density at radius 2 is 1.44 bits per heavy atom. The summed E-state index contributed by atoms with van der Waals surface area (Å²) in [6.45, 7) is 4.31. The molecule has 0 aliphatic carbocycles. The Morgan fingerprint density at radius 1 is 0.822 bits per heavy atom. The Bertz CT molecular complexity index is 1630. The third-order valence-corrected chi connectivity index (χ3v) is 9.45. The normalized spacial score (nSPS) is 11.8. The first kappa shape index (κ1) is 33.7. The minimum atomic E-state index is -4.17. The first-order valence-electron chi connectivity index (χ1n) is 14.9. The molecule has 0 spiro atoms. The van der Waals surface area contributed by atoms with Gasteiger partial charge >= 0.3 is 0 Å². The van der Waals surface area contributed by atoms with Crippen molar-refractivity contribution in [2.45, 2.75) is 44.2 Å². The Hall–Kier alpha value is -4.15. The van der Waals surface area contributed by atoms with Crippen LogP contribution in [0.15, 0.2) is 119 Å². The molecule has 236 valence electrons. The van der Waals surface area contributed by atoms with E-state index in [4.69, 9.17) is 4.74 Å². The summed E-state index contributed by atoms with van der Waals surface area (Å²) in [5.74, 6) is -0.236. The van der Waals surface area contributed by atoms with Gasteiger partial charge < -0.3 is 15.0 Å². The summed E-state index contributed by atoms with van der Waals surface area (Å²) in [5, 5.41) is 2.96. The van der Waals surface area contributed by atoms with Crippen LogP contribution in [0.3, 0.4) is 0 Å². The highest BCUT2D eigenvalue weighted by atomic mass is 79.9. The van der Waals surface area contributed by atoms with Gasteiger partial charge in [-0.15, -0.1) is 0 Å². The van der Waals surface area contributed by atoms with Gasteiger partial charge in [-0.1, -0.05) is 83.5 Å². The molecule has 0 aliphatic heterocycles. The van der Waals surface area contributed by atoms with Crippen molar-refractivity contribution in [2.75, 3.05) is 24.0 Å². The number of ether oxygens (including phenoxy) is 1. The summed E-state index contributed by atoms with van der Waals surface area (Å²) >= 11 is 3.46. The molecule has 0 radical (unpaired) electrons. The van der Waals surface area contributed by atoms with Gasteiger partial charge in [0, 0.05) is 24.0 Å². The van der Waals surface area contributed by atoms with Gasteiger partial charge in [0.05, 0.1) is 17.2 Å². The van der Waals surface area contributed by atoms with Crippen molar-refractivity contribution in [2.24, 2.45) is 0 Å². The van der Waals surface area contributed by atoms with Crippen molar-refractivity contribution in [3.8, 4) is 5.75 Å². The summed E-state index contributed by atoms with van der Waals surface area (Å²) in [4.78, 5) is 29.7. The highest BCUT2D eigenvalue weighted by molar-refractivity contribution is 9.10. The Balaban J connectivity index is 1.78. The number of rotatable bonds is 15. The van der Waals surface area contributed by atoms with Gasteiger partial charge in [0.1, 0.15) is 18.3 Å². The Kier molecular flexibility index (Phi) is 12.2. The molecule has 45 heavy (non-hydrogen) atoms. The SMILES string of the molecule is CCCNC(=O)[C@H](Cc1ccccc1)N(Cc1ccc(Br)cc1)C(=O)CN(c1ccc(OCC)cc1)S(=O)(=O)c1ccccc1. The predicted octanol–water partition coefficient (Wildman–Crippen LogP) is 6.21. The number of carbonyl (C=O) groups is 2. The Labute approximate surface area is 274 Å². The molecular formula is C35H38BrN3O5S. The predicted molar refractivity (Wildman–Crippen MR) is 181 cm³/mol. The molecule has 0 aliphatic rings. The monoisotopic (exact) mass is 691 g/mol. The maximum absolute atomic E-state index is 14.5. The zero-order chi connectivity index (χ0) is 32.2. The van der Waals surface area contributed by atoms with E-state index in [9.17, 15) is 18.0 Å². The summed E-state index contributed by atoms with van der Waals surface area (Å²) < 4.78 is 35.7. The third-order valence-electron chi connectivity index (χ3n) is 7.13. The van der Waals surface area contributed by atoms with Gasteiger partial charge in [-0.05, 0) is 73.0 Å². The summed E-state index contributed by atoms with van der Waals surface area (Å²) in [6, 6.07) is 30.7. The lowest BCUT2D eigenvalue weighted by molar-refractivity contribution is -0.140. The number of benzene rings is 4. The van der Waals surface area contributed by atoms with E-state index in [-0.39, 0.29) is 23.8 Å². The second-order valence-electron chi connectivity index (χ2n) is 10.4. The van der Waals surface area contributed by atoms with Crippen LogP contribution in [0.25, 0.3) is 0 Å². The number of amides is 2. The summed E-state index contributed by atoms with van der Waals surface area (Å²) in [7, 11) is -4.17. The third kappa shape index (κ3) is 9.18. The fourth-order valence-electron chi connectivity index (χ4n) is 4.83. The first-order valence-corrected chi connectivity index (χ1v) is 17.1. The van der Waals surface area contributed by atoms with Gasteiger partial charge in [0.2, 0.25) is 11.8 Å². The molecule has 0 fully saturated rings. The number of sulfonamides is 1. The largest absolute Gasteiger partial charge is 0.494 e. The van der Waals surface area contributed by atoms with Gasteiger partial charge in [-0.25, -0.2) is 8.42 Å². The number of hydrogen-bond acceptors (Lipinski definition) is 5. The molecule has 1 N–H and O–H groups in total. The van der Waals surface area contributed by atoms with E-state index in [1.165, 1.54) is 17.0 Å². The minimum absolute atomic E-state index is 0.0488. The molecule has 4 aromatic carbocycles. The minimum Gasteiger partial charge on any atom is -0.494 e. The van der Waals surface area contributed by atoms with Crippen molar-refractivity contribution in [1.29, 1.82) is 0 Å². The molecule has 0 bridgehead atoms. The van der Waals surface area contributed by atoms with E-state index < -0.39 is 28.5 Å². The number of nitrogens with one attached hydrogen (secondary N) is 1. The maximum atomic E-state index is 14.5. The number of anilines is 1. The Morgan fingerprint density at radius 3 is 2.04 bits per heavy atom. The van der Waals surface area contributed by atoms with Gasteiger partial charge in [-0.2, -0.15) is 0 Å². The van der Waals surface area contributed by atoms with Crippen molar-refractivity contribution in [3.63, 3.8) is 0 Å². The van der Waals surface area contributed by atoms with Crippen molar-refractivity contribution >= 4 is 43.5 Å². The molecule has 0 unspecified atom stereocenters.